The number of nitro benzene ring substituents is 1. The van der Waals surface area contributed by atoms with Gasteiger partial charge >= 0.3 is 0 Å². The minimum absolute atomic E-state index is 0.0140. The quantitative estimate of drug-likeness (QED) is 0.265. The van der Waals surface area contributed by atoms with E-state index in [4.69, 9.17) is 0 Å². The van der Waals surface area contributed by atoms with Gasteiger partial charge in [0.1, 0.15) is 3.57 Å². The maximum Gasteiger partial charge on any atom is 0.283 e. The molecule has 0 radical (unpaired) electrons. The fraction of sp³-hybridized carbons (Fsp3) is 0.222. The number of nitrogens with zero attached hydrogens (tertiary/aromatic N) is 1. The minimum atomic E-state index is -0.472. The first-order valence-corrected chi connectivity index (χ1v) is 6.21. The van der Waals surface area contributed by atoms with E-state index in [0.29, 0.717) is 14.7 Å². The van der Waals surface area contributed by atoms with Crippen molar-refractivity contribution in [1.29, 1.82) is 0 Å². The topological polar surface area (TPSA) is 60.2 Å². The van der Waals surface area contributed by atoms with E-state index in [0.717, 1.165) is 0 Å². The second kappa shape index (κ2) is 5.02. The average molecular weight is 384 g/mol. The number of carbonyl (C=O) groups excluding carboxylic acids is 1. The third-order valence-electron chi connectivity index (χ3n) is 1.82. The van der Waals surface area contributed by atoms with E-state index in [9.17, 15) is 14.9 Å². The predicted molar refractivity (Wildman–Crippen MR) is 68.7 cm³/mol. The van der Waals surface area contributed by atoms with Crippen LogP contribution in [0.4, 0.5) is 5.69 Å². The van der Waals surface area contributed by atoms with Crippen LogP contribution in [0.5, 0.6) is 0 Å². The largest absolute Gasteiger partial charge is 0.293 e. The Kier molecular flexibility index (Phi) is 4.21. The van der Waals surface area contributed by atoms with E-state index in [-0.39, 0.29) is 16.8 Å². The van der Waals surface area contributed by atoms with Gasteiger partial charge in [0.25, 0.3) is 5.69 Å². The fourth-order valence-corrected chi connectivity index (χ4v) is 2.27. The van der Waals surface area contributed by atoms with Crippen molar-refractivity contribution in [2.45, 2.75) is 6.92 Å². The van der Waals surface area contributed by atoms with Crippen LogP contribution in [0.15, 0.2) is 12.1 Å². The summed E-state index contributed by atoms with van der Waals surface area (Å²) in [6.07, 6.45) is 0. The molecule has 0 N–H and O–H groups in total. The van der Waals surface area contributed by atoms with Crippen LogP contribution in [0, 0.1) is 20.6 Å². The molecule has 0 atom stereocenters. The average Bonchev–Trinajstić information content (AvgIpc) is 2.19. The number of rotatable bonds is 3. The van der Waals surface area contributed by atoms with E-state index in [2.05, 4.69) is 15.9 Å². The zero-order valence-corrected chi connectivity index (χ0v) is 11.5. The van der Waals surface area contributed by atoms with Gasteiger partial charge in [0.05, 0.1) is 10.3 Å². The normalized spacial score (nSPS) is 10.1. The van der Waals surface area contributed by atoms with Crippen molar-refractivity contribution in [3.05, 3.63) is 36.9 Å². The van der Waals surface area contributed by atoms with Gasteiger partial charge in [-0.1, -0.05) is 15.9 Å². The van der Waals surface area contributed by atoms with Crippen molar-refractivity contribution in [2.75, 3.05) is 5.33 Å². The summed E-state index contributed by atoms with van der Waals surface area (Å²) in [5.41, 5.74) is 1.10. The van der Waals surface area contributed by atoms with Gasteiger partial charge in [0.15, 0.2) is 5.78 Å². The van der Waals surface area contributed by atoms with E-state index < -0.39 is 4.92 Å². The molecule has 0 amide bonds. The summed E-state index contributed by atoms with van der Waals surface area (Å²) >= 11 is 4.88. The fourth-order valence-electron chi connectivity index (χ4n) is 1.16. The number of carbonyl (C=O) groups is 1. The maximum absolute atomic E-state index is 11.5. The van der Waals surface area contributed by atoms with Crippen LogP contribution in [0.1, 0.15) is 15.9 Å². The van der Waals surface area contributed by atoms with E-state index in [1.807, 2.05) is 22.6 Å². The summed E-state index contributed by atoms with van der Waals surface area (Å²) in [5.74, 6) is -0.147. The molecule has 1 aromatic rings. The first-order chi connectivity index (χ1) is 6.97. The molecule has 0 aliphatic rings. The molecule has 0 aromatic heterocycles. The molecule has 0 bridgehead atoms. The maximum atomic E-state index is 11.5. The number of Topliss-reactive ketones (excluding diaryl/α,β-unsaturated/α-hetero) is 1. The Morgan fingerprint density at radius 1 is 1.60 bits per heavy atom. The molecule has 6 heteroatoms. The zero-order chi connectivity index (χ0) is 11.6. The van der Waals surface area contributed by atoms with Crippen molar-refractivity contribution in [1.82, 2.24) is 0 Å². The van der Waals surface area contributed by atoms with E-state index in [1.165, 1.54) is 6.07 Å². The molecule has 1 rings (SSSR count). The molecular weight excluding hydrogens is 377 g/mol. The summed E-state index contributed by atoms with van der Waals surface area (Å²) in [5, 5.41) is 10.9. The molecule has 15 heavy (non-hydrogen) atoms. The lowest BCUT2D eigenvalue weighted by Gasteiger charge is -2.04. The van der Waals surface area contributed by atoms with E-state index >= 15 is 0 Å². The third kappa shape index (κ3) is 2.75. The second-order valence-corrected chi connectivity index (χ2v) is 4.60. The zero-order valence-electron chi connectivity index (χ0n) is 7.79. The number of hydrogen-bond acceptors (Lipinski definition) is 3. The van der Waals surface area contributed by atoms with Crippen molar-refractivity contribution in [3.8, 4) is 0 Å². The second-order valence-electron chi connectivity index (χ2n) is 2.96. The van der Waals surface area contributed by atoms with E-state index in [1.54, 1.807) is 13.0 Å². The lowest BCUT2D eigenvalue weighted by Crippen LogP contribution is -2.06. The molecular formula is C9H7BrINO3. The number of nitro groups is 1. The van der Waals surface area contributed by atoms with Crippen molar-refractivity contribution in [3.63, 3.8) is 0 Å². The number of aryl methyl sites for hydroxylation is 1. The Morgan fingerprint density at radius 3 is 2.67 bits per heavy atom. The third-order valence-corrected chi connectivity index (χ3v) is 3.46. The van der Waals surface area contributed by atoms with Crippen LogP contribution in [0.25, 0.3) is 0 Å². The van der Waals surface area contributed by atoms with Gasteiger partial charge in [-0.05, 0) is 41.1 Å². The number of halogens is 2. The Balaban J connectivity index is 3.41. The Bertz CT molecular complexity index is 434. The van der Waals surface area contributed by atoms with Crippen LogP contribution in [-0.4, -0.2) is 16.0 Å². The molecule has 0 spiro atoms. The first kappa shape index (κ1) is 12.6. The summed E-state index contributed by atoms with van der Waals surface area (Å²) in [6, 6.07) is 3.13. The molecule has 1 aromatic carbocycles. The highest BCUT2D eigenvalue weighted by molar-refractivity contribution is 14.1. The summed E-state index contributed by atoms with van der Waals surface area (Å²) in [6.45, 7) is 1.73. The molecule has 0 aliphatic carbocycles. The highest BCUT2D eigenvalue weighted by atomic mass is 127. The van der Waals surface area contributed by atoms with Gasteiger partial charge < -0.3 is 0 Å². The van der Waals surface area contributed by atoms with Gasteiger partial charge in [-0.2, -0.15) is 0 Å². The standard InChI is InChI=1S/C9H7BrINO3/c1-5-2-6(8(13)4-10)9(11)7(3-5)12(14)15/h2-3H,4H2,1H3. The van der Waals surface area contributed by atoms with Gasteiger partial charge in [-0.15, -0.1) is 0 Å². The molecule has 80 valence electrons. The highest BCUT2D eigenvalue weighted by Gasteiger charge is 2.19. The molecule has 0 saturated heterocycles. The SMILES string of the molecule is Cc1cc(C(=O)CBr)c(I)c([N+](=O)[O-])c1. The molecule has 0 heterocycles. The summed E-state index contributed by atoms with van der Waals surface area (Å²) in [7, 11) is 0. The molecule has 0 unspecified atom stereocenters. The predicted octanol–water partition coefficient (Wildman–Crippen LogP) is 3.09. The lowest BCUT2D eigenvalue weighted by molar-refractivity contribution is -0.385. The smallest absolute Gasteiger partial charge is 0.283 e. The Hall–Kier alpha value is -0.500. The molecule has 4 nitrogen and oxygen atoms in total. The van der Waals surface area contributed by atoms with Gasteiger partial charge in [-0.3, -0.25) is 14.9 Å². The first-order valence-electron chi connectivity index (χ1n) is 4.01. The molecule has 0 saturated carbocycles. The Morgan fingerprint density at radius 2 is 2.20 bits per heavy atom. The van der Waals surface area contributed by atoms with Crippen LogP contribution < -0.4 is 0 Å². The van der Waals surface area contributed by atoms with Gasteiger partial charge in [-0.25, -0.2) is 0 Å². The Labute approximate surface area is 108 Å². The summed E-state index contributed by atoms with van der Waals surface area (Å²) in [4.78, 5) is 21.7. The number of hydrogen-bond donors (Lipinski definition) is 0. The van der Waals surface area contributed by atoms with Crippen LogP contribution in [0.2, 0.25) is 0 Å². The highest BCUT2D eigenvalue weighted by Crippen LogP contribution is 2.26. The molecule has 0 aliphatic heterocycles. The number of ketones is 1. The van der Waals surface area contributed by atoms with Gasteiger partial charge in [0, 0.05) is 11.6 Å². The van der Waals surface area contributed by atoms with Crippen LogP contribution >= 0.6 is 38.5 Å². The van der Waals surface area contributed by atoms with Crippen molar-refractivity contribution >= 4 is 50.0 Å². The minimum Gasteiger partial charge on any atom is -0.293 e. The van der Waals surface area contributed by atoms with Crippen LogP contribution in [0.3, 0.4) is 0 Å². The number of alkyl halides is 1. The monoisotopic (exact) mass is 383 g/mol. The lowest BCUT2D eigenvalue weighted by atomic mass is 10.1. The van der Waals surface area contributed by atoms with Gasteiger partial charge in [0.2, 0.25) is 0 Å². The summed E-state index contributed by atoms with van der Waals surface area (Å²) < 4.78 is 0.396. The van der Waals surface area contributed by atoms with Crippen LogP contribution in [-0.2, 0) is 0 Å². The number of benzene rings is 1. The van der Waals surface area contributed by atoms with Crippen molar-refractivity contribution < 1.29 is 9.72 Å². The van der Waals surface area contributed by atoms with Crippen molar-refractivity contribution in [2.24, 2.45) is 0 Å². The molecule has 0 fully saturated rings.